The van der Waals surface area contributed by atoms with Gasteiger partial charge in [-0.1, -0.05) is 73.7 Å². The standard InChI is InChI=1S/C39H41N3O3S/c1-5-7-8-9-13-26(3)24-29(12-6-2)27(4)37(43)40-31-18-16-28(17-19-31)39(45)42-23-22-30-25-35(38(44)41-32-20-21-32)46-36(30)33-14-10-11-15-34(33)42/h6-19,25,32H,3,5,20-24H2,1-2,4H3,(H,40,43)(H,41,44). The first-order chi connectivity index (χ1) is 22.3. The monoisotopic (exact) mass is 631 g/mol. The van der Waals surface area contributed by atoms with Gasteiger partial charge < -0.3 is 15.5 Å². The van der Waals surface area contributed by atoms with Gasteiger partial charge in [-0.3, -0.25) is 14.4 Å². The zero-order valence-corrected chi connectivity index (χ0v) is 27.6. The summed E-state index contributed by atoms with van der Waals surface area (Å²) in [6.07, 6.45) is 16.1. The van der Waals surface area contributed by atoms with Crippen molar-refractivity contribution >= 4 is 40.4 Å². The molecule has 1 aliphatic heterocycles. The number of carbonyl (C=O) groups excluding carboxylic acids is 3. The number of fused-ring (bicyclic) bond motifs is 3. The molecule has 46 heavy (non-hydrogen) atoms. The van der Waals surface area contributed by atoms with Gasteiger partial charge in [0.25, 0.3) is 17.7 Å². The van der Waals surface area contributed by atoms with Crippen molar-refractivity contribution in [3.63, 3.8) is 0 Å². The van der Waals surface area contributed by atoms with E-state index >= 15 is 0 Å². The third-order valence-electron chi connectivity index (χ3n) is 8.05. The second-order valence-electron chi connectivity index (χ2n) is 11.6. The Morgan fingerprint density at radius 3 is 2.52 bits per heavy atom. The first-order valence-electron chi connectivity index (χ1n) is 15.9. The molecule has 2 aromatic carbocycles. The SMILES string of the molecule is C=C(C=CC=CCC)CC(C=CC)=C(C)C(=O)Nc1ccc(C(=O)N2CCc3cc(C(=O)NC4CC4)sc3-c3ccccc32)cc1. The van der Waals surface area contributed by atoms with Crippen LogP contribution in [0, 0.1) is 0 Å². The molecule has 5 rings (SSSR count). The molecule has 0 saturated heterocycles. The summed E-state index contributed by atoms with van der Waals surface area (Å²) in [4.78, 5) is 43.4. The van der Waals surface area contributed by atoms with Crippen molar-refractivity contribution in [1.29, 1.82) is 0 Å². The smallest absolute Gasteiger partial charge is 0.261 e. The van der Waals surface area contributed by atoms with E-state index in [0.29, 0.717) is 47.1 Å². The molecule has 1 aliphatic carbocycles. The highest BCUT2D eigenvalue weighted by Crippen LogP contribution is 2.42. The van der Waals surface area contributed by atoms with E-state index in [4.69, 9.17) is 0 Å². The van der Waals surface area contributed by atoms with Crippen molar-refractivity contribution in [3.8, 4) is 10.4 Å². The molecular formula is C39H41N3O3S. The molecule has 2 heterocycles. The highest BCUT2D eigenvalue weighted by atomic mass is 32.1. The highest BCUT2D eigenvalue weighted by molar-refractivity contribution is 7.17. The first kappa shape index (κ1) is 32.6. The van der Waals surface area contributed by atoms with Gasteiger partial charge in [0.2, 0.25) is 0 Å². The summed E-state index contributed by atoms with van der Waals surface area (Å²) in [5.41, 5.74) is 6.43. The fourth-order valence-electron chi connectivity index (χ4n) is 5.35. The summed E-state index contributed by atoms with van der Waals surface area (Å²) >= 11 is 1.49. The van der Waals surface area contributed by atoms with Crippen LogP contribution in [-0.2, 0) is 11.2 Å². The number of nitrogens with zero attached hydrogens (tertiary/aromatic N) is 1. The molecule has 0 radical (unpaired) electrons. The van der Waals surface area contributed by atoms with Crippen LogP contribution in [0.3, 0.4) is 0 Å². The number of para-hydroxylation sites is 1. The molecule has 0 bridgehead atoms. The van der Waals surface area contributed by atoms with Gasteiger partial charge >= 0.3 is 0 Å². The maximum atomic E-state index is 13.9. The normalized spacial score (nSPS) is 15.0. The molecule has 7 heteroatoms. The van der Waals surface area contributed by atoms with Gasteiger partial charge in [0.1, 0.15) is 0 Å². The van der Waals surface area contributed by atoms with E-state index in [-0.39, 0.29) is 17.7 Å². The van der Waals surface area contributed by atoms with Crippen LogP contribution in [0.5, 0.6) is 0 Å². The van der Waals surface area contributed by atoms with Gasteiger partial charge in [-0.15, -0.1) is 11.3 Å². The molecular weight excluding hydrogens is 591 g/mol. The average molecular weight is 632 g/mol. The van der Waals surface area contributed by atoms with Gasteiger partial charge in [0.15, 0.2) is 0 Å². The zero-order chi connectivity index (χ0) is 32.6. The van der Waals surface area contributed by atoms with E-state index in [2.05, 4.69) is 30.2 Å². The van der Waals surface area contributed by atoms with Crippen molar-refractivity contribution < 1.29 is 14.4 Å². The summed E-state index contributed by atoms with van der Waals surface area (Å²) in [7, 11) is 0. The lowest BCUT2D eigenvalue weighted by Gasteiger charge is -2.23. The molecule has 2 N–H and O–H groups in total. The van der Waals surface area contributed by atoms with Crippen LogP contribution in [0.25, 0.3) is 10.4 Å². The number of rotatable bonds is 11. The van der Waals surface area contributed by atoms with Crippen molar-refractivity contribution in [2.24, 2.45) is 0 Å². The molecule has 1 aromatic heterocycles. The molecule has 3 aromatic rings. The highest BCUT2D eigenvalue weighted by Gasteiger charge is 2.29. The summed E-state index contributed by atoms with van der Waals surface area (Å²) in [5.74, 6) is -0.327. The van der Waals surface area contributed by atoms with E-state index in [1.165, 1.54) is 11.3 Å². The summed E-state index contributed by atoms with van der Waals surface area (Å²) in [6.45, 7) is 10.5. The minimum Gasteiger partial charge on any atom is -0.349 e. The third kappa shape index (κ3) is 7.90. The Hall–Kier alpha value is -4.75. The third-order valence-corrected chi connectivity index (χ3v) is 9.26. The summed E-state index contributed by atoms with van der Waals surface area (Å²) < 4.78 is 0. The van der Waals surface area contributed by atoms with Crippen LogP contribution in [0.4, 0.5) is 11.4 Å². The molecule has 1 fully saturated rings. The number of anilines is 2. The van der Waals surface area contributed by atoms with Gasteiger partial charge in [0, 0.05) is 39.9 Å². The van der Waals surface area contributed by atoms with Crippen LogP contribution in [-0.4, -0.2) is 30.3 Å². The summed E-state index contributed by atoms with van der Waals surface area (Å²) in [6, 6.07) is 17.2. The minimum absolute atomic E-state index is 0.0139. The Kier molecular flexibility index (Phi) is 10.7. The second kappa shape index (κ2) is 15.0. The zero-order valence-electron chi connectivity index (χ0n) is 26.8. The van der Waals surface area contributed by atoms with Crippen molar-refractivity contribution in [2.75, 3.05) is 16.8 Å². The number of nitrogens with one attached hydrogen (secondary N) is 2. The van der Waals surface area contributed by atoms with E-state index in [1.807, 2.05) is 79.5 Å². The minimum atomic E-state index is -0.201. The Morgan fingerprint density at radius 2 is 1.80 bits per heavy atom. The van der Waals surface area contributed by atoms with Gasteiger partial charge in [-0.2, -0.15) is 0 Å². The lowest BCUT2D eigenvalue weighted by molar-refractivity contribution is -0.112. The number of hydrogen-bond donors (Lipinski definition) is 2. The predicted octanol–water partition coefficient (Wildman–Crippen LogP) is 8.81. The Morgan fingerprint density at radius 1 is 1.04 bits per heavy atom. The maximum absolute atomic E-state index is 13.9. The Labute approximate surface area is 275 Å². The molecule has 6 nitrogen and oxygen atoms in total. The largest absolute Gasteiger partial charge is 0.349 e. The van der Waals surface area contributed by atoms with Crippen molar-refractivity contribution in [1.82, 2.24) is 5.32 Å². The number of hydrogen-bond acceptors (Lipinski definition) is 4. The molecule has 1 saturated carbocycles. The van der Waals surface area contributed by atoms with E-state index in [9.17, 15) is 14.4 Å². The lowest BCUT2D eigenvalue weighted by atomic mass is 10.00. The van der Waals surface area contributed by atoms with E-state index in [0.717, 1.165) is 52.1 Å². The molecule has 0 spiro atoms. The Balaban J connectivity index is 1.29. The van der Waals surface area contributed by atoms with Crippen LogP contribution < -0.4 is 15.5 Å². The number of allylic oxidation sites excluding steroid dienone is 8. The van der Waals surface area contributed by atoms with Crippen molar-refractivity contribution in [3.05, 3.63) is 130 Å². The van der Waals surface area contributed by atoms with Gasteiger partial charge in [-0.25, -0.2) is 0 Å². The number of amides is 3. The number of thiophene rings is 1. The van der Waals surface area contributed by atoms with Gasteiger partial charge in [0.05, 0.1) is 10.6 Å². The summed E-state index contributed by atoms with van der Waals surface area (Å²) in [5, 5.41) is 6.06. The van der Waals surface area contributed by atoms with E-state index < -0.39 is 0 Å². The first-order valence-corrected chi connectivity index (χ1v) is 16.7. The second-order valence-corrected chi connectivity index (χ2v) is 12.7. The van der Waals surface area contributed by atoms with Crippen molar-refractivity contribution in [2.45, 2.75) is 58.9 Å². The fourth-order valence-corrected chi connectivity index (χ4v) is 6.50. The fraction of sp³-hybridized carbons (Fsp3) is 0.256. The van der Waals surface area contributed by atoms with E-state index in [1.54, 1.807) is 24.3 Å². The lowest BCUT2D eigenvalue weighted by Crippen LogP contribution is -2.32. The maximum Gasteiger partial charge on any atom is 0.261 e. The van der Waals surface area contributed by atoms with Crippen LogP contribution >= 0.6 is 11.3 Å². The predicted molar refractivity (Wildman–Crippen MR) is 191 cm³/mol. The quantitative estimate of drug-likeness (QED) is 0.164. The Bertz CT molecular complexity index is 1750. The van der Waals surface area contributed by atoms with Crippen LogP contribution in [0.15, 0.2) is 114 Å². The molecule has 0 atom stereocenters. The van der Waals surface area contributed by atoms with Crippen LogP contribution in [0.2, 0.25) is 0 Å². The topological polar surface area (TPSA) is 78.5 Å². The number of carbonyl (C=O) groups is 3. The molecule has 0 unspecified atom stereocenters. The number of benzene rings is 2. The molecule has 236 valence electrons. The van der Waals surface area contributed by atoms with Gasteiger partial charge in [-0.05, 0) is 93.5 Å². The van der Waals surface area contributed by atoms with Crippen LogP contribution in [0.1, 0.15) is 72.0 Å². The average Bonchev–Trinajstić information content (AvgIpc) is 3.80. The molecule has 2 aliphatic rings. The molecule has 3 amide bonds.